The van der Waals surface area contributed by atoms with Crippen molar-refractivity contribution in [2.45, 2.75) is 53.4 Å². The van der Waals surface area contributed by atoms with E-state index in [2.05, 4.69) is 34.3 Å². The van der Waals surface area contributed by atoms with Crippen molar-refractivity contribution in [1.82, 2.24) is 0 Å². The lowest BCUT2D eigenvalue weighted by molar-refractivity contribution is 0.0627. The molecule has 1 fully saturated rings. The number of hydrogen-bond acceptors (Lipinski definition) is 1. The van der Waals surface area contributed by atoms with Crippen molar-refractivity contribution in [2.75, 3.05) is 6.61 Å². The van der Waals surface area contributed by atoms with Crippen molar-refractivity contribution in [2.24, 2.45) is 16.7 Å². The van der Waals surface area contributed by atoms with E-state index in [0.29, 0.717) is 5.41 Å². The summed E-state index contributed by atoms with van der Waals surface area (Å²) in [6.07, 6.45) is 4.69. The second-order valence-electron chi connectivity index (χ2n) is 6.36. The Balaban J connectivity index is 2.65. The van der Waals surface area contributed by atoms with Gasteiger partial charge in [0.1, 0.15) is 0 Å². The van der Waals surface area contributed by atoms with Crippen molar-refractivity contribution in [3.63, 3.8) is 0 Å². The third-order valence-electron chi connectivity index (χ3n) is 4.38. The summed E-state index contributed by atoms with van der Waals surface area (Å²) in [5, 5.41) is 9.54. The van der Waals surface area contributed by atoms with Crippen molar-refractivity contribution in [3.05, 3.63) is 12.2 Å². The lowest BCUT2D eigenvalue weighted by Gasteiger charge is -2.43. The molecule has 0 amide bonds. The normalized spacial score (nSPS) is 32.7. The van der Waals surface area contributed by atoms with E-state index in [9.17, 15) is 5.11 Å². The summed E-state index contributed by atoms with van der Waals surface area (Å²) < 4.78 is 0. The van der Waals surface area contributed by atoms with Crippen molar-refractivity contribution in [1.29, 1.82) is 0 Å². The number of aliphatic hydroxyl groups is 1. The molecule has 0 aromatic rings. The first-order valence-electron chi connectivity index (χ1n) is 6.09. The van der Waals surface area contributed by atoms with E-state index in [1.807, 2.05) is 0 Å². The molecule has 1 nitrogen and oxygen atoms in total. The monoisotopic (exact) mass is 210 g/mol. The van der Waals surface area contributed by atoms with Gasteiger partial charge in [0, 0.05) is 5.41 Å². The zero-order chi connectivity index (χ0) is 11.7. The summed E-state index contributed by atoms with van der Waals surface area (Å²) in [4.78, 5) is 0. The van der Waals surface area contributed by atoms with Gasteiger partial charge in [-0.15, -0.1) is 0 Å². The maximum atomic E-state index is 9.54. The Morgan fingerprint density at radius 2 is 1.80 bits per heavy atom. The first kappa shape index (κ1) is 12.8. The second-order valence-corrected chi connectivity index (χ2v) is 6.36. The Kier molecular flexibility index (Phi) is 3.65. The predicted octanol–water partition coefficient (Wildman–Crippen LogP) is 3.78. The van der Waals surface area contributed by atoms with E-state index in [-0.39, 0.29) is 12.0 Å². The molecule has 1 rings (SSSR count). The van der Waals surface area contributed by atoms with E-state index in [1.54, 1.807) is 0 Å². The van der Waals surface area contributed by atoms with Crippen LogP contribution in [0.5, 0.6) is 0 Å². The van der Waals surface area contributed by atoms with Crippen LogP contribution in [-0.4, -0.2) is 11.7 Å². The van der Waals surface area contributed by atoms with Crippen molar-refractivity contribution >= 4 is 0 Å². The molecule has 0 radical (unpaired) electrons. The maximum absolute atomic E-state index is 9.54. The summed E-state index contributed by atoms with van der Waals surface area (Å²) in [5.74, 6) is 0.802. The van der Waals surface area contributed by atoms with Gasteiger partial charge in [0.15, 0.2) is 0 Å². The van der Waals surface area contributed by atoms with E-state index in [0.717, 1.165) is 24.3 Å². The minimum Gasteiger partial charge on any atom is -0.395 e. The smallest absolute Gasteiger partial charge is 0.0524 e. The van der Waals surface area contributed by atoms with E-state index in [1.165, 1.54) is 12.8 Å². The van der Waals surface area contributed by atoms with Crippen LogP contribution in [-0.2, 0) is 0 Å². The van der Waals surface area contributed by atoms with Gasteiger partial charge in [-0.2, -0.15) is 0 Å². The molecule has 15 heavy (non-hydrogen) atoms. The Morgan fingerprint density at radius 3 is 2.07 bits per heavy atom. The molecule has 0 aliphatic heterocycles. The largest absolute Gasteiger partial charge is 0.395 e. The summed E-state index contributed by atoms with van der Waals surface area (Å²) in [7, 11) is 0. The highest BCUT2D eigenvalue weighted by Crippen LogP contribution is 2.47. The zero-order valence-corrected chi connectivity index (χ0v) is 10.8. The highest BCUT2D eigenvalue weighted by Gasteiger charge is 2.38. The quantitative estimate of drug-likeness (QED) is 0.688. The molecule has 88 valence electrons. The molecule has 0 bridgehead atoms. The van der Waals surface area contributed by atoms with E-state index < -0.39 is 0 Å². The Hall–Kier alpha value is -0.300. The fourth-order valence-electron chi connectivity index (χ4n) is 2.76. The van der Waals surface area contributed by atoms with E-state index in [4.69, 9.17) is 0 Å². The Morgan fingerprint density at radius 1 is 1.33 bits per heavy atom. The highest BCUT2D eigenvalue weighted by molar-refractivity contribution is 5.09. The van der Waals surface area contributed by atoms with Crippen molar-refractivity contribution in [3.8, 4) is 0 Å². The molecule has 0 atom stereocenters. The second kappa shape index (κ2) is 4.29. The topological polar surface area (TPSA) is 20.2 Å². The first-order chi connectivity index (χ1) is 6.82. The minimum atomic E-state index is 0.0295. The third kappa shape index (κ3) is 2.63. The van der Waals surface area contributed by atoms with Crippen LogP contribution >= 0.6 is 0 Å². The van der Waals surface area contributed by atoms with Crippen LogP contribution in [0.25, 0.3) is 0 Å². The van der Waals surface area contributed by atoms with Crippen LogP contribution in [0.2, 0.25) is 0 Å². The molecule has 1 saturated carbocycles. The van der Waals surface area contributed by atoms with Gasteiger partial charge < -0.3 is 5.11 Å². The average molecular weight is 210 g/mol. The molecule has 0 heterocycles. The van der Waals surface area contributed by atoms with Crippen LogP contribution in [0.3, 0.4) is 0 Å². The third-order valence-corrected chi connectivity index (χ3v) is 4.38. The molecule has 0 spiro atoms. The van der Waals surface area contributed by atoms with Gasteiger partial charge in [-0.25, -0.2) is 0 Å². The van der Waals surface area contributed by atoms with Gasteiger partial charge in [-0.3, -0.25) is 0 Å². The van der Waals surface area contributed by atoms with E-state index >= 15 is 0 Å². The molecule has 1 N–H and O–H groups in total. The molecule has 0 unspecified atom stereocenters. The average Bonchev–Trinajstić information content (AvgIpc) is 2.16. The summed E-state index contributed by atoms with van der Waals surface area (Å²) in [6, 6.07) is 0. The lowest BCUT2D eigenvalue weighted by Crippen LogP contribution is -2.35. The molecule has 1 aliphatic rings. The molecular formula is C14H26O. The molecule has 0 aromatic carbocycles. The molecule has 1 aliphatic carbocycles. The van der Waals surface area contributed by atoms with Crippen LogP contribution in [0, 0.1) is 16.7 Å². The number of hydrogen-bond donors (Lipinski definition) is 1. The SMILES string of the molecule is C=C(C)C1(CO)CCC(C(C)(C)C)CC1. The van der Waals surface area contributed by atoms with Crippen LogP contribution in [0.15, 0.2) is 12.2 Å². The summed E-state index contributed by atoms with van der Waals surface area (Å²) >= 11 is 0. The van der Waals surface area contributed by atoms with Gasteiger partial charge in [-0.1, -0.05) is 32.9 Å². The van der Waals surface area contributed by atoms with Gasteiger partial charge in [0.25, 0.3) is 0 Å². The highest BCUT2D eigenvalue weighted by atomic mass is 16.3. The lowest BCUT2D eigenvalue weighted by atomic mass is 9.62. The van der Waals surface area contributed by atoms with Gasteiger partial charge >= 0.3 is 0 Å². The maximum Gasteiger partial charge on any atom is 0.0524 e. The Labute approximate surface area is 94.6 Å². The minimum absolute atomic E-state index is 0.0295. The standard InChI is InChI=1S/C14H26O/c1-11(2)14(10-15)8-6-12(7-9-14)13(3,4)5/h12,15H,1,6-10H2,2-5H3. The molecule has 1 heteroatoms. The first-order valence-corrected chi connectivity index (χ1v) is 6.09. The van der Waals surface area contributed by atoms with Crippen LogP contribution in [0.4, 0.5) is 0 Å². The molecule has 0 saturated heterocycles. The fourth-order valence-corrected chi connectivity index (χ4v) is 2.76. The molecular weight excluding hydrogens is 184 g/mol. The van der Waals surface area contributed by atoms with Crippen molar-refractivity contribution < 1.29 is 5.11 Å². The number of aliphatic hydroxyl groups excluding tert-OH is 1. The van der Waals surface area contributed by atoms with Gasteiger partial charge in [0.2, 0.25) is 0 Å². The Bertz CT molecular complexity index is 226. The zero-order valence-electron chi connectivity index (χ0n) is 10.8. The number of rotatable bonds is 2. The van der Waals surface area contributed by atoms with Gasteiger partial charge in [-0.05, 0) is 43.9 Å². The fraction of sp³-hybridized carbons (Fsp3) is 0.857. The van der Waals surface area contributed by atoms with Crippen LogP contribution in [0.1, 0.15) is 53.4 Å². The van der Waals surface area contributed by atoms with Crippen LogP contribution < -0.4 is 0 Å². The summed E-state index contributed by atoms with van der Waals surface area (Å²) in [5.41, 5.74) is 1.61. The van der Waals surface area contributed by atoms with Gasteiger partial charge in [0.05, 0.1) is 6.61 Å². The molecule has 0 aromatic heterocycles. The predicted molar refractivity (Wildman–Crippen MR) is 65.7 cm³/mol. The summed E-state index contributed by atoms with van der Waals surface area (Å²) in [6.45, 7) is 13.4.